The number of aliphatic hydroxyl groups excluding tert-OH is 1. The molecule has 1 aromatic rings. The highest BCUT2D eigenvalue weighted by Crippen LogP contribution is 2.03. The molecule has 0 saturated carbocycles. The maximum Gasteiger partial charge on any atom is 0.0834 e. The Bertz CT molecular complexity index is 221. The zero-order valence-corrected chi connectivity index (χ0v) is 9.35. The first-order valence-electron chi connectivity index (χ1n) is 4.00. The van der Waals surface area contributed by atoms with Crippen molar-refractivity contribution in [2.45, 2.75) is 6.10 Å². The molecule has 1 aromatic carbocycles. The summed E-state index contributed by atoms with van der Waals surface area (Å²) in [4.78, 5) is 0. The highest BCUT2D eigenvalue weighted by atomic mass is 35.5. The van der Waals surface area contributed by atoms with Crippen LogP contribution >= 0.6 is 24.8 Å². The predicted octanol–water partition coefficient (Wildman–Crippen LogP) is 1.26. The highest BCUT2D eigenvalue weighted by Gasteiger charge is 1.98. The van der Waals surface area contributed by atoms with Gasteiger partial charge in [0.15, 0.2) is 0 Å². The smallest absolute Gasteiger partial charge is 0.0834 e. The molecule has 4 N–H and O–H groups in total. The molecule has 0 aliphatic rings. The van der Waals surface area contributed by atoms with Crippen molar-refractivity contribution in [1.29, 1.82) is 0 Å². The predicted molar refractivity (Wildman–Crippen MR) is 64.5 cm³/mol. The fraction of sp³-hybridized carbons (Fsp3) is 0.333. The van der Waals surface area contributed by atoms with Crippen LogP contribution in [-0.2, 0) is 0 Å². The molecule has 0 saturated heterocycles. The maximum atomic E-state index is 9.13. The first kappa shape index (κ1) is 16.0. The molecule has 1 rings (SSSR count). The second-order valence-electron chi connectivity index (χ2n) is 2.64. The molecule has 14 heavy (non-hydrogen) atoms. The topological polar surface area (TPSA) is 58.3 Å². The lowest BCUT2D eigenvalue weighted by molar-refractivity contribution is 0.196. The van der Waals surface area contributed by atoms with Crippen LogP contribution in [0.15, 0.2) is 30.3 Å². The van der Waals surface area contributed by atoms with Gasteiger partial charge in [-0.15, -0.1) is 24.8 Å². The van der Waals surface area contributed by atoms with Crippen molar-refractivity contribution < 1.29 is 5.11 Å². The van der Waals surface area contributed by atoms with Crippen LogP contribution in [0.5, 0.6) is 0 Å². The Labute approximate surface area is 96.5 Å². The van der Waals surface area contributed by atoms with E-state index in [9.17, 15) is 0 Å². The van der Waals surface area contributed by atoms with Gasteiger partial charge in [0, 0.05) is 18.8 Å². The van der Waals surface area contributed by atoms with Gasteiger partial charge in [0.25, 0.3) is 0 Å². The zero-order chi connectivity index (χ0) is 8.81. The number of anilines is 1. The number of nitrogens with one attached hydrogen (secondary N) is 1. The first-order valence-corrected chi connectivity index (χ1v) is 4.00. The lowest BCUT2D eigenvalue weighted by Gasteiger charge is -2.09. The third kappa shape index (κ3) is 6.05. The Morgan fingerprint density at radius 2 is 1.79 bits per heavy atom. The summed E-state index contributed by atoms with van der Waals surface area (Å²) in [5, 5.41) is 12.2. The molecule has 0 heterocycles. The van der Waals surface area contributed by atoms with E-state index in [-0.39, 0.29) is 24.8 Å². The van der Waals surface area contributed by atoms with Crippen LogP contribution in [0.25, 0.3) is 0 Å². The van der Waals surface area contributed by atoms with Crippen LogP contribution in [0.4, 0.5) is 5.69 Å². The number of hydrogen-bond acceptors (Lipinski definition) is 3. The molecule has 82 valence electrons. The van der Waals surface area contributed by atoms with Crippen molar-refractivity contribution in [1.82, 2.24) is 0 Å². The lowest BCUT2D eigenvalue weighted by Crippen LogP contribution is -2.27. The van der Waals surface area contributed by atoms with Gasteiger partial charge in [-0.2, -0.15) is 0 Å². The van der Waals surface area contributed by atoms with Gasteiger partial charge in [-0.1, -0.05) is 18.2 Å². The van der Waals surface area contributed by atoms with Crippen molar-refractivity contribution in [3.8, 4) is 0 Å². The Balaban J connectivity index is 0. The lowest BCUT2D eigenvalue weighted by atomic mass is 10.3. The van der Waals surface area contributed by atoms with Crippen molar-refractivity contribution in [2.75, 3.05) is 18.4 Å². The summed E-state index contributed by atoms with van der Waals surface area (Å²) in [5.41, 5.74) is 6.25. The molecule has 0 aliphatic heterocycles. The van der Waals surface area contributed by atoms with E-state index in [1.165, 1.54) is 0 Å². The van der Waals surface area contributed by atoms with E-state index in [1.807, 2.05) is 30.3 Å². The third-order valence-corrected chi connectivity index (χ3v) is 1.59. The second kappa shape index (κ2) is 9.09. The van der Waals surface area contributed by atoms with Gasteiger partial charge in [-0.3, -0.25) is 0 Å². The summed E-state index contributed by atoms with van der Waals surface area (Å²) >= 11 is 0. The molecule has 0 aliphatic carbocycles. The van der Waals surface area contributed by atoms with Crippen LogP contribution < -0.4 is 11.1 Å². The largest absolute Gasteiger partial charge is 0.390 e. The molecule has 0 amide bonds. The number of nitrogens with two attached hydrogens (primary N) is 1. The van der Waals surface area contributed by atoms with Crippen LogP contribution in [0.1, 0.15) is 0 Å². The molecule has 0 aromatic heterocycles. The Hall–Kier alpha value is -0.480. The molecular weight excluding hydrogens is 223 g/mol. The average molecular weight is 239 g/mol. The number of halogens is 2. The van der Waals surface area contributed by atoms with Gasteiger partial charge in [-0.05, 0) is 12.1 Å². The number of aliphatic hydroxyl groups is 1. The van der Waals surface area contributed by atoms with Crippen LogP contribution in [0.3, 0.4) is 0 Å². The van der Waals surface area contributed by atoms with E-state index in [0.29, 0.717) is 13.1 Å². The summed E-state index contributed by atoms with van der Waals surface area (Å²) in [6.07, 6.45) is -0.467. The van der Waals surface area contributed by atoms with Crippen molar-refractivity contribution in [3.63, 3.8) is 0 Å². The molecule has 5 heteroatoms. The minimum Gasteiger partial charge on any atom is -0.390 e. The standard InChI is InChI=1S/C9H14N2O.2ClH/c10-6-9(12)7-11-8-4-2-1-3-5-8;;/h1-5,9,11-12H,6-7,10H2;2*1H. The Morgan fingerprint density at radius 3 is 2.29 bits per heavy atom. The number of para-hydroxylation sites is 1. The normalized spacial score (nSPS) is 10.7. The third-order valence-electron chi connectivity index (χ3n) is 1.59. The fourth-order valence-electron chi connectivity index (χ4n) is 0.875. The van der Waals surface area contributed by atoms with Gasteiger partial charge in [0.1, 0.15) is 0 Å². The quantitative estimate of drug-likeness (QED) is 0.741. The van der Waals surface area contributed by atoms with E-state index >= 15 is 0 Å². The van der Waals surface area contributed by atoms with Gasteiger partial charge in [-0.25, -0.2) is 0 Å². The molecule has 3 nitrogen and oxygen atoms in total. The van der Waals surface area contributed by atoms with Crippen LogP contribution in [-0.4, -0.2) is 24.3 Å². The van der Waals surface area contributed by atoms with E-state index in [4.69, 9.17) is 10.8 Å². The molecule has 0 radical (unpaired) electrons. The molecule has 1 unspecified atom stereocenters. The van der Waals surface area contributed by atoms with Crippen molar-refractivity contribution in [2.24, 2.45) is 5.73 Å². The second-order valence-corrected chi connectivity index (χ2v) is 2.64. The van der Waals surface area contributed by atoms with Gasteiger partial charge in [0.05, 0.1) is 6.10 Å². The first-order chi connectivity index (χ1) is 5.83. The van der Waals surface area contributed by atoms with Gasteiger partial charge < -0.3 is 16.2 Å². The van der Waals surface area contributed by atoms with Crippen molar-refractivity contribution >= 4 is 30.5 Å². The molecule has 1 atom stereocenters. The Kier molecular flexibility index (Phi) is 10.4. The fourth-order valence-corrected chi connectivity index (χ4v) is 0.875. The van der Waals surface area contributed by atoms with Crippen LogP contribution in [0, 0.1) is 0 Å². The van der Waals surface area contributed by atoms with Crippen LogP contribution in [0.2, 0.25) is 0 Å². The molecular formula is C9H16Cl2N2O. The zero-order valence-electron chi connectivity index (χ0n) is 7.72. The molecule has 0 spiro atoms. The molecule has 0 bridgehead atoms. The van der Waals surface area contributed by atoms with E-state index in [0.717, 1.165) is 5.69 Å². The van der Waals surface area contributed by atoms with Gasteiger partial charge in [0.2, 0.25) is 0 Å². The van der Waals surface area contributed by atoms with E-state index in [1.54, 1.807) is 0 Å². The minimum atomic E-state index is -0.467. The van der Waals surface area contributed by atoms with E-state index < -0.39 is 6.10 Å². The van der Waals surface area contributed by atoms with Crippen molar-refractivity contribution in [3.05, 3.63) is 30.3 Å². The molecule has 0 fully saturated rings. The average Bonchev–Trinajstić information content (AvgIpc) is 2.16. The maximum absolute atomic E-state index is 9.13. The number of benzene rings is 1. The number of rotatable bonds is 4. The summed E-state index contributed by atoms with van der Waals surface area (Å²) < 4.78 is 0. The summed E-state index contributed by atoms with van der Waals surface area (Å²) in [7, 11) is 0. The Morgan fingerprint density at radius 1 is 1.21 bits per heavy atom. The number of hydrogen-bond donors (Lipinski definition) is 3. The van der Waals surface area contributed by atoms with Gasteiger partial charge >= 0.3 is 0 Å². The minimum absolute atomic E-state index is 0. The summed E-state index contributed by atoms with van der Waals surface area (Å²) in [6, 6.07) is 9.73. The van der Waals surface area contributed by atoms with E-state index in [2.05, 4.69) is 5.32 Å². The summed E-state index contributed by atoms with van der Waals surface area (Å²) in [5.74, 6) is 0. The highest BCUT2D eigenvalue weighted by molar-refractivity contribution is 5.85. The SMILES string of the molecule is Cl.Cl.NCC(O)CNc1ccccc1. The monoisotopic (exact) mass is 238 g/mol. The summed E-state index contributed by atoms with van der Waals surface area (Å²) in [6.45, 7) is 0.792.